The number of hydrogen-bond donors (Lipinski definition) is 1. The van der Waals surface area contributed by atoms with E-state index in [9.17, 15) is 0 Å². The lowest BCUT2D eigenvalue weighted by atomic mass is 10.7. The maximum absolute atomic E-state index is 3.44. The van der Waals surface area contributed by atoms with Crippen molar-refractivity contribution in [3.63, 3.8) is 0 Å². The van der Waals surface area contributed by atoms with Crippen LogP contribution in [-0.2, 0) is 0 Å². The van der Waals surface area contributed by atoms with Crippen LogP contribution in [0, 0.1) is 0 Å². The molecule has 1 nitrogen and oxygen atoms in total. The fourth-order valence-corrected chi connectivity index (χ4v) is 0.144. The van der Waals surface area contributed by atoms with Crippen molar-refractivity contribution in [2.45, 2.75) is 6.92 Å². The van der Waals surface area contributed by atoms with Gasteiger partial charge in [-0.1, -0.05) is 6.58 Å². The third kappa shape index (κ3) is 3.54. The van der Waals surface area contributed by atoms with E-state index in [1.807, 2.05) is 6.92 Å². The van der Waals surface area contributed by atoms with Crippen LogP contribution in [0.1, 0.15) is 6.92 Å². The lowest BCUT2D eigenvalue weighted by molar-refractivity contribution is 0.922. The number of nitrogens with one attached hydrogen (secondary N) is 1. The molecular weight excluding hydrogens is 62.1 g/mol. The predicted octanol–water partition coefficient (Wildman–Crippen LogP) is 0.739. The minimum absolute atomic E-state index is 0.976. The minimum Gasteiger partial charge on any atom is -0.392 e. The summed E-state index contributed by atoms with van der Waals surface area (Å²) >= 11 is 0. The Hall–Kier alpha value is -0.460. The van der Waals surface area contributed by atoms with Crippen LogP contribution in [0.4, 0.5) is 0 Å². The molecule has 0 saturated heterocycles. The molecule has 0 atom stereocenters. The highest BCUT2D eigenvalue weighted by molar-refractivity contribution is 4.58. The molecule has 0 aromatic rings. The van der Waals surface area contributed by atoms with Crippen molar-refractivity contribution in [2.75, 3.05) is 6.54 Å². The first-order valence-electron chi connectivity index (χ1n) is 1.76. The molecule has 0 aliphatic rings. The average Bonchev–Trinajstić information content (AvgIpc) is 1.41. The lowest BCUT2D eigenvalue weighted by Crippen LogP contribution is -1.99. The lowest BCUT2D eigenvalue weighted by Gasteiger charge is -1.83. The van der Waals surface area contributed by atoms with Crippen LogP contribution >= 0.6 is 0 Å². The summed E-state index contributed by atoms with van der Waals surface area (Å²) in [6.45, 7) is 6.44. The molecule has 0 aliphatic carbocycles. The van der Waals surface area contributed by atoms with E-state index in [2.05, 4.69) is 11.9 Å². The molecule has 1 heteroatoms. The number of rotatable bonds is 2. The largest absolute Gasteiger partial charge is 0.392 e. The van der Waals surface area contributed by atoms with Gasteiger partial charge in [-0.05, 0) is 13.1 Å². The quantitative estimate of drug-likeness (QED) is 0.506. The van der Waals surface area contributed by atoms with Crippen molar-refractivity contribution < 1.29 is 0 Å². The molecule has 30 valence electrons. The van der Waals surface area contributed by atoms with Crippen molar-refractivity contribution in [2.24, 2.45) is 0 Å². The normalized spacial score (nSPS) is 6.60. The number of hydrogen-bond acceptors (Lipinski definition) is 1. The Balaban J connectivity index is 2.40. The molecule has 5 heavy (non-hydrogen) atoms. The third-order valence-corrected chi connectivity index (χ3v) is 0.348. The van der Waals surface area contributed by atoms with Gasteiger partial charge < -0.3 is 5.32 Å². The van der Waals surface area contributed by atoms with Crippen LogP contribution in [-0.4, -0.2) is 6.54 Å². The van der Waals surface area contributed by atoms with Gasteiger partial charge in [0, 0.05) is 6.54 Å². The van der Waals surface area contributed by atoms with Crippen molar-refractivity contribution in [1.82, 2.24) is 5.32 Å². The van der Waals surface area contributed by atoms with Gasteiger partial charge in [-0.3, -0.25) is 0 Å². The molecule has 0 rings (SSSR count). The zero-order valence-corrected chi connectivity index (χ0v) is 3.49. The summed E-state index contributed by atoms with van der Waals surface area (Å²) in [5.41, 5.74) is 0. The predicted molar refractivity (Wildman–Crippen MR) is 23.9 cm³/mol. The van der Waals surface area contributed by atoms with Crippen LogP contribution in [0.5, 0.6) is 0 Å². The van der Waals surface area contributed by atoms with E-state index in [1.165, 1.54) is 0 Å². The van der Waals surface area contributed by atoms with Gasteiger partial charge in [-0.25, -0.2) is 0 Å². The van der Waals surface area contributed by atoms with E-state index in [0.717, 1.165) is 6.54 Å². The topological polar surface area (TPSA) is 12.0 Å². The molecule has 0 unspecified atom stereocenters. The van der Waals surface area contributed by atoms with E-state index < -0.39 is 0 Å². The molecule has 0 amide bonds. The van der Waals surface area contributed by atoms with E-state index in [4.69, 9.17) is 0 Å². The van der Waals surface area contributed by atoms with E-state index in [0.29, 0.717) is 0 Å². The Morgan fingerprint density at radius 2 is 2.60 bits per heavy atom. The summed E-state index contributed by atoms with van der Waals surface area (Å²) in [4.78, 5) is 0. The smallest absolute Gasteiger partial charge is 0.0112 e. The molecule has 0 radical (unpaired) electrons. The standard InChI is InChI=1S/C4H9N/c1-3-5-4-2/h3,5H,1,4H2,2H3. The molecule has 0 fully saturated rings. The fraction of sp³-hybridized carbons (Fsp3) is 0.500. The van der Waals surface area contributed by atoms with Gasteiger partial charge in [0.05, 0.1) is 0 Å². The van der Waals surface area contributed by atoms with E-state index in [-0.39, 0.29) is 0 Å². The second-order valence-electron chi connectivity index (χ2n) is 0.762. The Morgan fingerprint density at radius 1 is 2.00 bits per heavy atom. The first kappa shape index (κ1) is 4.54. The maximum Gasteiger partial charge on any atom is 0.0112 e. The molecule has 0 aromatic heterocycles. The summed E-state index contributed by atoms with van der Waals surface area (Å²) in [5.74, 6) is 0. The maximum atomic E-state index is 3.44. The van der Waals surface area contributed by atoms with Crippen LogP contribution < -0.4 is 5.32 Å². The summed E-state index contributed by atoms with van der Waals surface area (Å²) in [7, 11) is 0. The van der Waals surface area contributed by atoms with Crippen LogP contribution in [0.15, 0.2) is 12.8 Å². The highest BCUT2D eigenvalue weighted by Gasteiger charge is 1.54. The Morgan fingerprint density at radius 3 is 2.60 bits per heavy atom. The highest BCUT2D eigenvalue weighted by Crippen LogP contribution is 1.47. The highest BCUT2D eigenvalue weighted by atomic mass is 14.8. The van der Waals surface area contributed by atoms with Gasteiger partial charge in [0.25, 0.3) is 0 Å². The Kier molecular flexibility index (Phi) is 3.21. The molecule has 0 spiro atoms. The minimum atomic E-state index is 0.976. The molecule has 0 bridgehead atoms. The van der Waals surface area contributed by atoms with Gasteiger partial charge in [-0.15, -0.1) is 0 Å². The van der Waals surface area contributed by atoms with Gasteiger partial charge in [0.2, 0.25) is 0 Å². The van der Waals surface area contributed by atoms with Gasteiger partial charge in [-0.2, -0.15) is 0 Å². The second kappa shape index (κ2) is 3.54. The van der Waals surface area contributed by atoms with Crippen molar-refractivity contribution in [3.8, 4) is 0 Å². The zero-order valence-electron chi connectivity index (χ0n) is 3.49. The zero-order chi connectivity index (χ0) is 4.12. The summed E-state index contributed by atoms with van der Waals surface area (Å²) in [6, 6.07) is 0. The molecule has 0 aliphatic heterocycles. The Bertz CT molecular complexity index is 24.8. The first-order chi connectivity index (χ1) is 2.41. The van der Waals surface area contributed by atoms with Crippen LogP contribution in [0.2, 0.25) is 0 Å². The van der Waals surface area contributed by atoms with Crippen molar-refractivity contribution in [1.29, 1.82) is 0 Å². The first-order valence-corrected chi connectivity index (χ1v) is 1.76. The van der Waals surface area contributed by atoms with E-state index in [1.54, 1.807) is 6.20 Å². The van der Waals surface area contributed by atoms with E-state index >= 15 is 0 Å². The van der Waals surface area contributed by atoms with Crippen LogP contribution in [0.3, 0.4) is 0 Å². The van der Waals surface area contributed by atoms with Crippen LogP contribution in [0.25, 0.3) is 0 Å². The Labute approximate surface area is 32.7 Å². The SMILES string of the molecule is C=CNCC. The van der Waals surface area contributed by atoms with Crippen molar-refractivity contribution in [3.05, 3.63) is 12.8 Å². The molecule has 1 N–H and O–H groups in total. The summed E-state index contributed by atoms with van der Waals surface area (Å²) in [6.07, 6.45) is 1.68. The fourth-order valence-electron chi connectivity index (χ4n) is 0.144. The molecule has 0 aromatic carbocycles. The van der Waals surface area contributed by atoms with Gasteiger partial charge in [0.15, 0.2) is 0 Å². The molecule has 0 heterocycles. The third-order valence-electron chi connectivity index (χ3n) is 0.348. The summed E-state index contributed by atoms with van der Waals surface area (Å²) in [5, 5.41) is 2.88. The molecule has 0 saturated carbocycles. The second-order valence-corrected chi connectivity index (χ2v) is 0.762. The van der Waals surface area contributed by atoms with Gasteiger partial charge >= 0.3 is 0 Å². The molecular formula is C4H9N. The monoisotopic (exact) mass is 71.1 g/mol. The average molecular weight is 71.1 g/mol. The summed E-state index contributed by atoms with van der Waals surface area (Å²) < 4.78 is 0. The van der Waals surface area contributed by atoms with Crippen molar-refractivity contribution >= 4 is 0 Å². The van der Waals surface area contributed by atoms with Gasteiger partial charge in [0.1, 0.15) is 0 Å².